The number of carbonyl (C=O) groups is 1. The van der Waals surface area contributed by atoms with Crippen LogP contribution in [0.4, 0.5) is 10.5 Å². The Balaban J connectivity index is 1.36. The van der Waals surface area contributed by atoms with E-state index in [1.807, 2.05) is 12.1 Å². The van der Waals surface area contributed by atoms with E-state index in [1.165, 1.54) is 51.6 Å². The molecule has 3 rings (SSSR count). The number of urea groups is 1. The maximum atomic E-state index is 11.9. The summed E-state index contributed by atoms with van der Waals surface area (Å²) < 4.78 is 0. The third-order valence-corrected chi connectivity index (χ3v) is 5.40. The van der Waals surface area contributed by atoms with Gasteiger partial charge in [0, 0.05) is 23.3 Å². The van der Waals surface area contributed by atoms with Crippen molar-refractivity contribution in [2.75, 3.05) is 25.0 Å². The molecule has 23 heavy (non-hydrogen) atoms. The van der Waals surface area contributed by atoms with Crippen LogP contribution in [0.1, 0.15) is 38.5 Å². The Bertz CT molecular complexity index is 506. The van der Waals surface area contributed by atoms with Crippen molar-refractivity contribution in [1.82, 2.24) is 10.2 Å². The van der Waals surface area contributed by atoms with Crippen LogP contribution in [0.5, 0.6) is 0 Å². The van der Waals surface area contributed by atoms with Gasteiger partial charge in [-0.2, -0.15) is 0 Å². The van der Waals surface area contributed by atoms with Crippen LogP contribution in [-0.4, -0.2) is 36.6 Å². The molecule has 2 fully saturated rings. The van der Waals surface area contributed by atoms with Crippen LogP contribution in [-0.2, 0) is 0 Å². The standard InChI is InChI=1S/C18H26ClN3O/c19-15-5-7-16(8-6-15)21-18(23)20-13-14-9-11-22(12-10-14)17-3-1-2-4-17/h5-8,14,17H,1-4,9-13H2,(H2,20,21,23). The number of anilines is 1. The smallest absolute Gasteiger partial charge is 0.319 e. The lowest BCUT2D eigenvalue weighted by Crippen LogP contribution is -2.43. The molecule has 0 aromatic heterocycles. The summed E-state index contributed by atoms with van der Waals surface area (Å²) in [5, 5.41) is 6.51. The summed E-state index contributed by atoms with van der Waals surface area (Å²) in [4.78, 5) is 14.6. The molecule has 4 nitrogen and oxygen atoms in total. The zero-order chi connectivity index (χ0) is 16.1. The minimum absolute atomic E-state index is 0.134. The number of amides is 2. The Hall–Kier alpha value is -1.26. The van der Waals surface area contributed by atoms with Gasteiger partial charge in [0.15, 0.2) is 0 Å². The summed E-state index contributed by atoms with van der Waals surface area (Å²) in [7, 11) is 0. The highest BCUT2D eigenvalue weighted by atomic mass is 35.5. The summed E-state index contributed by atoms with van der Waals surface area (Å²) >= 11 is 5.84. The molecule has 1 aliphatic carbocycles. The third-order valence-electron chi connectivity index (χ3n) is 5.14. The summed E-state index contributed by atoms with van der Waals surface area (Å²) in [5.74, 6) is 0.601. The van der Waals surface area contributed by atoms with Gasteiger partial charge in [-0.3, -0.25) is 0 Å². The predicted octanol–water partition coefficient (Wildman–Crippen LogP) is 4.12. The van der Waals surface area contributed by atoms with Gasteiger partial charge in [-0.25, -0.2) is 4.79 Å². The number of rotatable bonds is 4. The highest BCUT2D eigenvalue weighted by molar-refractivity contribution is 6.30. The van der Waals surface area contributed by atoms with Gasteiger partial charge in [0.25, 0.3) is 0 Å². The second kappa shape index (κ2) is 8.02. The molecule has 126 valence electrons. The van der Waals surface area contributed by atoms with Crippen LogP contribution >= 0.6 is 11.6 Å². The number of nitrogens with one attached hydrogen (secondary N) is 2. The van der Waals surface area contributed by atoms with Crippen LogP contribution in [0.15, 0.2) is 24.3 Å². The molecule has 0 spiro atoms. The number of halogens is 1. The van der Waals surface area contributed by atoms with E-state index >= 15 is 0 Å². The molecule has 2 N–H and O–H groups in total. The fourth-order valence-corrected chi connectivity index (χ4v) is 3.86. The van der Waals surface area contributed by atoms with Gasteiger partial charge in [-0.05, 0) is 69.0 Å². The maximum absolute atomic E-state index is 11.9. The topological polar surface area (TPSA) is 44.4 Å². The van der Waals surface area contributed by atoms with E-state index in [2.05, 4.69) is 15.5 Å². The number of likely N-dealkylation sites (tertiary alicyclic amines) is 1. The zero-order valence-electron chi connectivity index (χ0n) is 13.6. The van der Waals surface area contributed by atoms with Crippen molar-refractivity contribution in [1.29, 1.82) is 0 Å². The molecule has 1 saturated heterocycles. The predicted molar refractivity (Wildman–Crippen MR) is 95.0 cm³/mol. The zero-order valence-corrected chi connectivity index (χ0v) is 14.3. The molecule has 5 heteroatoms. The van der Waals surface area contributed by atoms with Crippen LogP contribution in [0.25, 0.3) is 0 Å². The number of carbonyl (C=O) groups excluding carboxylic acids is 1. The molecule has 0 bridgehead atoms. The van der Waals surface area contributed by atoms with E-state index in [0.717, 1.165) is 18.3 Å². The van der Waals surface area contributed by atoms with Gasteiger partial charge < -0.3 is 15.5 Å². The fraction of sp³-hybridized carbons (Fsp3) is 0.611. The van der Waals surface area contributed by atoms with Crippen molar-refractivity contribution < 1.29 is 4.79 Å². The van der Waals surface area contributed by atoms with Crippen molar-refractivity contribution in [3.05, 3.63) is 29.3 Å². The van der Waals surface area contributed by atoms with E-state index in [-0.39, 0.29) is 6.03 Å². The number of nitrogens with zero attached hydrogens (tertiary/aromatic N) is 1. The van der Waals surface area contributed by atoms with Gasteiger partial charge in [0.05, 0.1) is 0 Å². The Morgan fingerprint density at radius 1 is 1.09 bits per heavy atom. The normalized spacial score (nSPS) is 20.6. The van der Waals surface area contributed by atoms with Gasteiger partial charge >= 0.3 is 6.03 Å². The van der Waals surface area contributed by atoms with Crippen LogP contribution in [0.2, 0.25) is 5.02 Å². The summed E-state index contributed by atoms with van der Waals surface area (Å²) in [5.41, 5.74) is 0.767. The monoisotopic (exact) mass is 335 g/mol. The van der Waals surface area contributed by atoms with Gasteiger partial charge in [-0.15, -0.1) is 0 Å². The van der Waals surface area contributed by atoms with Crippen molar-refractivity contribution in [3.63, 3.8) is 0 Å². The van der Waals surface area contributed by atoms with Crippen molar-refractivity contribution in [3.8, 4) is 0 Å². The lowest BCUT2D eigenvalue weighted by Gasteiger charge is -2.36. The summed E-state index contributed by atoms with van der Waals surface area (Å²) in [6, 6.07) is 7.86. The molecule has 1 heterocycles. The highest BCUT2D eigenvalue weighted by Crippen LogP contribution is 2.27. The number of benzene rings is 1. The van der Waals surface area contributed by atoms with Gasteiger partial charge in [0.1, 0.15) is 0 Å². The van der Waals surface area contributed by atoms with E-state index in [0.29, 0.717) is 10.9 Å². The molecule has 0 unspecified atom stereocenters. The molecule has 2 aliphatic rings. The second-order valence-corrected chi connectivity index (χ2v) is 7.20. The molecule has 1 aromatic carbocycles. The number of hydrogen-bond donors (Lipinski definition) is 2. The lowest BCUT2D eigenvalue weighted by atomic mass is 9.95. The average molecular weight is 336 g/mol. The first-order chi connectivity index (χ1) is 11.2. The summed E-state index contributed by atoms with van der Waals surface area (Å²) in [6.07, 6.45) is 7.95. The fourth-order valence-electron chi connectivity index (χ4n) is 3.74. The molecule has 0 atom stereocenters. The molecule has 1 saturated carbocycles. The number of piperidine rings is 1. The van der Waals surface area contributed by atoms with Gasteiger partial charge in [-0.1, -0.05) is 24.4 Å². The van der Waals surface area contributed by atoms with Crippen molar-refractivity contribution in [2.45, 2.75) is 44.6 Å². The molecule has 1 aromatic rings. The summed E-state index contributed by atoms with van der Waals surface area (Å²) in [6.45, 7) is 3.14. The SMILES string of the molecule is O=C(NCC1CCN(C2CCCC2)CC1)Nc1ccc(Cl)cc1. The average Bonchev–Trinajstić information content (AvgIpc) is 3.10. The largest absolute Gasteiger partial charge is 0.338 e. The highest BCUT2D eigenvalue weighted by Gasteiger charge is 2.27. The van der Waals surface area contributed by atoms with E-state index in [1.54, 1.807) is 12.1 Å². The van der Waals surface area contributed by atoms with Crippen molar-refractivity contribution >= 4 is 23.3 Å². The van der Waals surface area contributed by atoms with Crippen LogP contribution < -0.4 is 10.6 Å². The van der Waals surface area contributed by atoms with Crippen LogP contribution in [0, 0.1) is 5.92 Å². The first kappa shape index (κ1) is 16.6. The van der Waals surface area contributed by atoms with Crippen molar-refractivity contribution in [2.24, 2.45) is 5.92 Å². The Morgan fingerprint density at radius 3 is 2.39 bits per heavy atom. The molecule has 1 aliphatic heterocycles. The van der Waals surface area contributed by atoms with E-state index < -0.39 is 0 Å². The minimum atomic E-state index is -0.134. The van der Waals surface area contributed by atoms with E-state index in [9.17, 15) is 4.79 Å². The molecule has 0 radical (unpaired) electrons. The number of hydrogen-bond acceptors (Lipinski definition) is 2. The Kier molecular flexibility index (Phi) is 5.79. The van der Waals surface area contributed by atoms with Crippen LogP contribution in [0.3, 0.4) is 0 Å². The van der Waals surface area contributed by atoms with Gasteiger partial charge in [0.2, 0.25) is 0 Å². The quantitative estimate of drug-likeness (QED) is 0.869. The first-order valence-electron chi connectivity index (χ1n) is 8.75. The molecular weight excluding hydrogens is 310 g/mol. The second-order valence-electron chi connectivity index (χ2n) is 6.76. The first-order valence-corrected chi connectivity index (χ1v) is 9.13. The Labute approximate surface area is 143 Å². The molecular formula is C18H26ClN3O. The Morgan fingerprint density at radius 2 is 1.74 bits per heavy atom. The molecule has 2 amide bonds. The lowest BCUT2D eigenvalue weighted by molar-refractivity contribution is 0.134. The minimum Gasteiger partial charge on any atom is -0.338 e. The maximum Gasteiger partial charge on any atom is 0.319 e. The van der Waals surface area contributed by atoms with E-state index in [4.69, 9.17) is 11.6 Å². The third kappa shape index (κ3) is 4.85.